The maximum absolute atomic E-state index is 14.2. The summed E-state index contributed by atoms with van der Waals surface area (Å²) in [5, 5.41) is -1.07. The highest BCUT2D eigenvalue weighted by atomic mass is 31.2. The van der Waals surface area contributed by atoms with Gasteiger partial charge in [0, 0.05) is 15.6 Å². The van der Waals surface area contributed by atoms with Gasteiger partial charge in [0.25, 0.3) is 0 Å². The predicted molar refractivity (Wildman–Crippen MR) is 104 cm³/mol. The van der Waals surface area contributed by atoms with Crippen LogP contribution in [0.1, 0.15) is 41.5 Å². The minimum Gasteiger partial charge on any atom is -0.318 e. The molecule has 2 aromatic carbocycles. The van der Waals surface area contributed by atoms with E-state index in [2.05, 4.69) is 0 Å². The van der Waals surface area contributed by atoms with E-state index in [9.17, 15) is 26.5 Å². The van der Waals surface area contributed by atoms with Crippen molar-refractivity contribution in [2.45, 2.75) is 51.9 Å². The Morgan fingerprint density at radius 3 is 1.54 bits per heavy atom. The Balaban J connectivity index is 2.76. The van der Waals surface area contributed by atoms with Gasteiger partial charge < -0.3 is 4.57 Å². The molecule has 0 aromatic heterocycles. The summed E-state index contributed by atoms with van der Waals surface area (Å²) in [6.45, 7) is 10.8. The molecule has 28 heavy (non-hydrogen) atoms. The molecule has 1 nitrogen and oxygen atoms in total. The van der Waals surface area contributed by atoms with Crippen LogP contribution in [0.15, 0.2) is 24.3 Å². The van der Waals surface area contributed by atoms with Gasteiger partial charge >= 0.3 is 0 Å². The lowest BCUT2D eigenvalue weighted by atomic mass is 9.63. The van der Waals surface area contributed by atoms with Gasteiger partial charge in [0.05, 0.1) is 0 Å². The Morgan fingerprint density at radius 1 is 0.714 bits per heavy atom. The summed E-state index contributed by atoms with van der Waals surface area (Å²) in [4.78, 5) is 0. The maximum atomic E-state index is 14.2. The van der Waals surface area contributed by atoms with Gasteiger partial charge in [0.1, 0.15) is 7.14 Å². The van der Waals surface area contributed by atoms with Crippen molar-refractivity contribution in [1.29, 1.82) is 0 Å². The van der Waals surface area contributed by atoms with Crippen molar-refractivity contribution >= 4 is 30.7 Å². The van der Waals surface area contributed by atoms with E-state index in [0.29, 0.717) is 5.30 Å². The molecule has 2 aromatic rings. The normalized spacial score (nSPS) is 13.0. The quantitative estimate of drug-likeness (QED) is 0.235. The fourth-order valence-corrected chi connectivity index (χ4v) is 7.79. The molecule has 1 radical (unpaired) electrons. The highest BCUT2D eigenvalue weighted by molar-refractivity contribution is 7.74. The molecule has 0 bridgehead atoms. The van der Waals surface area contributed by atoms with Gasteiger partial charge in [-0.1, -0.05) is 71.3 Å². The Labute approximate surface area is 163 Å². The van der Waals surface area contributed by atoms with Crippen LogP contribution < -0.4 is 16.2 Å². The zero-order chi connectivity index (χ0) is 21.7. The van der Waals surface area contributed by atoms with Crippen LogP contribution in [0.2, 0.25) is 0 Å². The SMILES string of the molecule is CC(C)(C)P(=O)(c1ccccc1[B]c1c(F)c(F)c(F)c(F)c1F)C(C)(C)C. The molecular weight excluding hydrogens is 393 g/mol. The molecular formula is C20H22BF5OP. The number of halogens is 5. The lowest BCUT2D eigenvalue weighted by Crippen LogP contribution is -2.46. The van der Waals surface area contributed by atoms with Crippen LogP contribution in [-0.4, -0.2) is 17.6 Å². The van der Waals surface area contributed by atoms with Crippen LogP contribution in [-0.2, 0) is 4.57 Å². The topological polar surface area (TPSA) is 17.1 Å². The molecule has 0 aliphatic carbocycles. The minimum absolute atomic E-state index is 0.152. The van der Waals surface area contributed by atoms with E-state index in [1.807, 2.05) is 0 Å². The Morgan fingerprint density at radius 2 is 1.11 bits per heavy atom. The summed E-state index contributed by atoms with van der Waals surface area (Å²) in [5.74, 6) is -10.1. The van der Waals surface area contributed by atoms with Gasteiger partial charge in [-0.25, -0.2) is 22.0 Å². The fraction of sp³-hybridized carbons (Fsp3) is 0.400. The number of rotatable bonds is 3. The molecule has 0 aliphatic rings. The Kier molecular flexibility index (Phi) is 5.93. The summed E-state index contributed by atoms with van der Waals surface area (Å²) in [6.07, 6.45) is 0. The number of hydrogen-bond acceptors (Lipinski definition) is 1. The largest absolute Gasteiger partial charge is 0.318 e. The summed E-state index contributed by atoms with van der Waals surface area (Å²) in [6, 6.07) is 6.22. The van der Waals surface area contributed by atoms with E-state index in [0.717, 1.165) is 7.28 Å². The molecule has 0 saturated carbocycles. The molecule has 8 heteroatoms. The van der Waals surface area contributed by atoms with Gasteiger partial charge in [0.2, 0.25) is 7.28 Å². The van der Waals surface area contributed by atoms with Crippen molar-refractivity contribution in [3.8, 4) is 0 Å². The zero-order valence-corrected chi connectivity index (χ0v) is 17.5. The van der Waals surface area contributed by atoms with Gasteiger partial charge in [-0.2, -0.15) is 0 Å². The second-order valence-corrected chi connectivity index (χ2v) is 13.0. The predicted octanol–water partition coefficient (Wildman–Crippen LogP) is 4.62. The average molecular weight is 415 g/mol. The van der Waals surface area contributed by atoms with Gasteiger partial charge in [-0.3, -0.25) is 0 Å². The zero-order valence-electron chi connectivity index (χ0n) is 16.6. The molecule has 0 heterocycles. The molecule has 2 rings (SSSR count). The fourth-order valence-electron chi connectivity index (χ4n) is 3.53. The molecule has 0 saturated heterocycles. The summed E-state index contributed by atoms with van der Waals surface area (Å²) < 4.78 is 83.0. The third kappa shape index (κ3) is 3.54. The Hall–Kier alpha value is -1.62. The first kappa shape index (κ1) is 22.7. The van der Waals surface area contributed by atoms with E-state index >= 15 is 0 Å². The van der Waals surface area contributed by atoms with Crippen LogP contribution in [0.4, 0.5) is 22.0 Å². The van der Waals surface area contributed by atoms with Gasteiger partial charge in [-0.05, 0) is 5.46 Å². The van der Waals surface area contributed by atoms with Crippen molar-refractivity contribution in [3.63, 3.8) is 0 Å². The molecule has 0 N–H and O–H groups in total. The second-order valence-electron chi connectivity index (χ2n) is 8.64. The van der Waals surface area contributed by atoms with Crippen molar-refractivity contribution in [2.75, 3.05) is 0 Å². The average Bonchev–Trinajstić information content (AvgIpc) is 2.59. The molecule has 151 valence electrons. The van der Waals surface area contributed by atoms with Crippen molar-refractivity contribution in [3.05, 3.63) is 53.4 Å². The standard InChI is InChI=1S/C20H22BF5OP/c1-19(2,3)28(27,20(4,5)6)12-10-8-7-9-11(12)21-13-14(22)16(24)18(26)17(25)15(13)23/h7-10H,1-6H3. The lowest BCUT2D eigenvalue weighted by Gasteiger charge is -2.42. The Bertz CT molecular complexity index is 913. The monoisotopic (exact) mass is 415 g/mol. The van der Waals surface area contributed by atoms with E-state index in [4.69, 9.17) is 0 Å². The van der Waals surface area contributed by atoms with E-state index in [-0.39, 0.29) is 5.46 Å². The van der Waals surface area contributed by atoms with Gasteiger partial charge in [0.15, 0.2) is 29.1 Å². The minimum atomic E-state index is -3.22. The second kappa shape index (κ2) is 7.33. The third-order valence-corrected chi connectivity index (χ3v) is 9.57. The van der Waals surface area contributed by atoms with Crippen LogP contribution in [0, 0.1) is 29.1 Å². The lowest BCUT2D eigenvalue weighted by molar-refractivity contribution is 0.384. The summed E-state index contributed by atoms with van der Waals surface area (Å²) in [7, 11) is -2.34. The van der Waals surface area contributed by atoms with Crippen molar-refractivity contribution in [2.24, 2.45) is 0 Å². The third-order valence-electron chi connectivity index (χ3n) is 4.71. The molecule has 0 amide bonds. The van der Waals surface area contributed by atoms with Gasteiger partial charge in [-0.15, -0.1) is 0 Å². The number of hydrogen-bond donors (Lipinski definition) is 0. The first-order valence-electron chi connectivity index (χ1n) is 8.70. The first-order chi connectivity index (χ1) is 12.6. The summed E-state index contributed by atoms with van der Waals surface area (Å²) >= 11 is 0. The van der Waals surface area contributed by atoms with Crippen LogP contribution >= 0.6 is 7.14 Å². The van der Waals surface area contributed by atoms with E-state index in [1.165, 1.54) is 6.07 Å². The molecule has 0 atom stereocenters. The van der Waals surface area contributed by atoms with Crippen molar-refractivity contribution in [1.82, 2.24) is 0 Å². The van der Waals surface area contributed by atoms with E-state index < -0.39 is 52.0 Å². The van der Waals surface area contributed by atoms with Crippen LogP contribution in [0.25, 0.3) is 0 Å². The summed E-state index contributed by atoms with van der Waals surface area (Å²) in [5.41, 5.74) is -0.905. The van der Waals surface area contributed by atoms with Crippen LogP contribution in [0.5, 0.6) is 0 Å². The van der Waals surface area contributed by atoms with Crippen LogP contribution in [0.3, 0.4) is 0 Å². The molecule has 0 aliphatic heterocycles. The maximum Gasteiger partial charge on any atom is 0.200 e. The molecule has 0 spiro atoms. The van der Waals surface area contributed by atoms with Crippen molar-refractivity contribution < 1.29 is 26.5 Å². The smallest absolute Gasteiger partial charge is 0.200 e. The molecule has 0 unspecified atom stereocenters. The van der Waals surface area contributed by atoms with E-state index in [1.54, 1.807) is 59.7 Å². The molecule has 0 fully saturated rings. The first-order valence-corrected chi connectivity index (χ1v) is 10.4. The highest BCUT2D eigenvalue weighted by Crippen LogP contribution is 2.65. The number of benzene rings is 2. The highest BCUT2D eigenvalue weighted by Gasteiger charge is 2.48.